The van der Waals surface area contributed by atoms with Crippen LogP contribution in [0.5, 0.6) is 0 Å². The molecule has 2 nitrogen and oxygen atoms in total. The van der Waals surface area contributed by atoms with E-state index in [0.717, 1.165) is 5.76 Å². The van der Waals surface area contributed by atoms with Crippen LogP contribution in [0.15, 0.2) is 23.6 Å². The summed E-state index contributed by atoms with van der Waals surface area (Å²) in [7, 11) is 1.60. The van der Waals surface area contributed by atoms with Gasteiger partial charge in [0.2, 0.25) is 0 Å². The van der Waals surface area contributed by atoms with E-state index in [1.807, 2.05) is 19.9 Å². The van der Waals surface area contributed by atoms with Crippen molar-refractivity contribution in [1.29, 1.82) is 0 Å². The van der Waals surface area contributed by atoms with Gasteiger partial charge in [-0.2, -0.15) is 0 Å². The van der Waals surface area contributed by atoms with Gasteiger partial charge in [-0.05, 0) is 19.9 Å². The van der Waals surface area contributed by atoms with Crippen molar-refractivity contribution in [2.75, 3.05) is 7.11 Å². The number of allylic oxidation sites excluding steroid dienone is 3. The predicted octanol–water partition coefficient (Wildman–Crippen LogP) is 1.40. The summed E-state index contributed by atoms with van der Waals surface area (Å²) >= 11 is 0. The molecule has 0 aliphatic heterocycles. The number of rotatable bonds is 2. The van der Waals surface area contributed by atoms with Crippen LogP contribution in [-0.2, 0) is 4.74 Å². The van der Waals surface area contributed by atoms with Crippen molar-refractivity contribution in [2.24, 2.45) is 5.73 Å². The lowest BCUT2D eigenvalue weighted by molar-refractivity contribution is 0.289. The van der Waals surface area contributed by atoms with Gasteiger partial charge in [0.05, 0.1) is 12.8 Å². The van der Waals surface area contributed by atoms with Crippen molar-refractivity contribution in [3.63, 3.8) is 0 Å². The molecule has 52 valence electrons. The molecule has 0 rings (SSSR count). The lowest BCUT2D eigenvalue weighted by Gasteiger charge is -1.99. The van der Waals surface area contributed by atoms with Gasteiger partial charge in [-0.3, -0.25) is 0 Å². The Morgan fingerprint density at radius 2 is 2.11 bits per heavy atom. The van der Waals surface area contributed by atoms with E-state index in [0.29, 0.717) is 5.70 Å². The van der Waals surface area contributed by atoms with Gasteiger partial charge in [0.1, 0.15) is 5.76 Å². The van der Waals surface area contributed by atoms with Gasteiger partial charge in [-0.1, -0.05) is 6.08 Å². The van der Waals surface area contributed by atoms with E-state index in [1.54, 1.807) is 13.2 Å². The van der Waals surface area contributed by atoms with Gasteiger partial charge in [-0.25, -0.2) is 0 Å². The molecule has 0 aliphatic carbocycles. The van der Waals surface area contributed by atoms with Gasteiger partial charge in [0.25, 0.3) is 0 Å². The Labute approximate surface area is 56.0 Å². The topological polar surface area (TPSA) is 35.2 Å². The first-order valence-corrected chi connectivity index (χ1v) is 2.85. The molecule has 0 radical (unpaired) electrons. The Hall–Kier alpha value is -0.920. The van der Waals surface area contributed by atoms with E-state index in [9.17, 15) is 0 Å². The molecule has 0 amide bonds. The quantitative estimate of drug-likeness (QED) is 0.449. The highest BCUT2D eigenvalue weighted by Gasteiger charge is 1.88. The molecular weight excluding hydrogens is 114 g/mol. The zero-order valence-electron chi connectivity index (χ0n) is 6.14. The maximum Gasteiger partial charge on any atom is 0.115 e. The molecule has 0 heterocycles. The Morgan fingerprint density at radius 1 is 1.56 bits per heavy atom. The second-order valence-electron chi connectivity index (χ2n) is 1.72. The molecule has 0 saturated carbocycles. The van der Waals surface area contributed by atoms with E-state index >= 15 is 0 Å². The third-order valence-corrected chi connectivity index (χ3v) is 1.06. The third kappa shape index (κ3) is 2.80. The molecule has 2 N–H and O–H groups in total. The molecule has 9 heavy (non-hydrogen) atoms. The van der Waals surface area contributed by atoms with Crippen LogP contribution in [0.2, 0.25) is 0 Å². The molecular formula is C7H13NO. The van der Waals surface area contributed by atoms with Crippen molar-refractivity contribution in [1.82, 2.24) is 0 Å². The first-order chi connectivity index (χ1) is 4.22. The normalized spacial score (nSPS) is 13.7. The maximum absolute atomic E-state index is 5.51. The highest BCUT2D eigenvalue weighted by Crippen LogP contribution is 1.98. The fourth-order valence-corrected chi connectivity index (χ4v) is 0.415. The SMILES string of the molecule is C/C=C\C(N)=C(/C)OC. The average molecular weight is 127 g/mol. The van der Waals surface area contributed by atoms with Crippen molar-refractivity contribution < 1.29 is 4.74 Å². The van der Waals surface area contributed by atoms with Gasteiger partial charge in [-0.15, -0.1) is 0 Å². The Bertz CT molecular complexity index is 136. The van der Waals surface area contributed by atoms with Gasteiger partial charge < -0.3 is 10.5 Å². The monoisotopic (exact) mass is 127 g/mol. The number of methoxy groups -OCH3 is 1. The molecule has 2 heteroatoms. The molecule has 0 atom stereocenters. The minimum absolute atomic E-state index is 0.681. The molecule has 0 unspecified atom stereocenters. The van der Waals surface area contributed by atoms with Crippen molar-refractivity contribution in [3.8, 4) is 0 Å². The molecule has 0 aromatic carbocycles. The van der Waals surface area contributed by atoms with Crippen LogP contribution in [0.1, 0.15) is 13.8 Å². The van der Waals surface area contributed by atoms with Crippen LogP contribution in [0, 0.1) is 0 Å². The first kappa shape index (κ1) is 8.08. The summed E-state index contributed by atoms with van der Waals surface area (Å²) in [6.07, 6.45) is 3.68. The van der Waals surface area contributed by atoms with Crippen LogP contribution in [0.25, 0.3) is 0 Å². The number of ether oxygens (including phenoxy) is 1. The molecule has 0 bridgehead atoms. The second-order valence-corrected chi connectivity index (χ2v) is 1.72. The maximum atomic E-state index is 5.51. The minimum Gasteiger partial charge on any atom is -0.499 e. The fraction of sp³-hybridized carbons (Fsp3) is 0.429. The van der Waals surface area contributed by atoms with E-state index in [1.165, 1.54) is 0 Å². The van der Waals surface area contributed by atoms with E-state index in [2.05, 4.69) is 0 Å². The van der Waals surface area contributed by atoms with Gasteiger partial charge in [0, 0.05) is 0 Å². The van der Waals surface area contributed by atoms with Crippen molar-refractivity contribution in [2.45, 2.75) is 13.8 Å². The van der Waals surface area contributed by atoms with E-state index in [-0.39, 0.29) is 0 Å². The lowest BCUT2D eigenvalue weighted by Crippen LogP contribution is -1.98. The molecule has 0 spiro atoms. The van der Waals surface area contributed by atoms with Gasteiger partial charge >= 0.3 is 0 Å². The van der Waals surface area contributed by atoms with Crippen molar-refractivity contribution >= 4 is 0 Å². The molecule has 0 aromatic rings. The summed E-state index contributed by atoms with van der Waals surface area (Å²) in [5.41, 5.74) is 6.19. The van der Waals surface area contributed by atoms with Crippen LogP contribution in [-0.4, -0.2) is 7.11 Å². The predicted molar refractivity (Wildman–Crippen MR) is 38.7 cm³/mol. The van der Waals surface area contributed by atoms with E-state index in [4.69, 9.17) is 10.5 Å². The first-order valence-electron chi connectivity index (χ1n) is 2.85. The number of hydrogen-bond acceptors (Lipinski definition) is 2. The Morgan fingerprint density at radius 3 is 2.44 bits per heavy atom. The lowest BCUT2D eigenvalue weighted by atomic mass is 10.3. The third-order valence-electron chi connectivity index (χ3n) is 1.06. The Kier molecular flexibility index (Phi) is 3.60. The summed E-state index contributed by atoms with van der Waals surface area (Å²) in [6, 6.07) is 0. The Balaban J connectivity index is 4.10. The van der Waals surface area contributed by atoms with Crippen LogP contribution in [0.3, 0.4) is 0 Å². The fourth-order valence-electron chi connectivity index (χ4n) is 0.415. The summed E-state index contributed by atoms with van der Waals surface area (Å²) in [5.74, 6) is 0.758. The highest BCUT2D eigenvalue weighted by atomic mass is 16.5. The molecule has 0 saturated heterocycles. The molecule has 0 aliphatic rings. The van der Waals surface area contributed by atoms with Crippen LogP contribution in [0.4, 0.5) is 0 Å². The summed E-state index contributed by atoms with van der Waals surface area (Å²) < 4.78 is 4.87. The zero-order valence-corrected chi connectivity index (χ0v) is 6.14. The van der Waals surface area contributed by atoms with Crippen LogP contribution >= 0.6 is 0 Å². The molecule has 0 fully saturated rings. The summed E-state index contributed by atoms with van der Waals surface area (Å²) in [6.45, 7) is 3.74. The highest BCUT2D eigenvalue weighted by molar-refractivity contribution is 5.16. The van der Waals surface area contributed by atoms with Crippen molar-refractivity contribution in [3.05, 3.63) is 23.6 Å². The van der Waals surface area contributed by atoms with Gasteiger partial charge in [0.15, 0.2) is 0 Å². The standard InChI is InChI=1S/C7H13NO/c1-4-5-7(8)6(2)9-3/h4-5H,8H2,1-3H3/b5-4-,7-6-. The summed E-state index contributed by atoms with van der Waals surface area (Å²) in [5, 5.41) is 0. The zero-order chi connectivity index (χ0) is 7.28. The number of nitrogens with two attached hydrogens (primary N) is 1. The number of hydrogen-bond donors (Lipinski definition) is 1. The minimum atomic E-state index is 0.681. The largest absolute Gasteiger partial charge is 0.499 e. The summed E-state index contributed by atoms with van der Waals surface area (Å²) in [4.78, 5) is 0. The second kappa shape index (κ2) is 4.01. The van der Waals surface area contributed by atoms with E-state index < -0.39 is 0 Å². The average Bonchev–Trinajstić information content (AvgIpc) is 1.87. The van der Waals surface area contributed by atoms with Crippen LogP contribution < -0.4 is 5.73 Å². The molecule has 0 aromatic heterocycles. The smallest absolute Gasteiger partial charge is 0.115 e.